The third-order valence-electron chi connectivity index (χ3n) is 4.39. The molecule has 0 radical (unpaired) electrons. The highest BCUT2D eigenvalue weighted by atomic mass is 32.2. The third kappa shape index (κ3) is 5.52. The summed E-state index contributed by atoms with van der Waals surface area (Å²) in [5.41, 5.74) is 8.58. The Morgan fingerprint density at radius 2 is 1.74 bits per heavy atom. The molecule has 160 valence electrons. The highest BCUT2D eigenvalue weighted by molar-refractivity contribution is 7.85. The van der Waals surface area contributed by atoms with Crippen molar-refractivity contribution in [1.82, 2.24) is 9.97 Å². The lowest BCUT2D eigenvalue weighted by molar-refractivity contribution is -0.105. The van der Waals surface area contributed by atoms with Gasteiger partial charge in [-0.1, -0.05) is 26.0 Å². The number of nitrogens with two attached hydrogens (primary N) is 1. The fourth-order valence-electron chi connectivity index (χ4n) is 2.91. The Hall–Kier alpha value is -3.59. The number of nitrogen functional groups attached to an aromatic ring is 1. The number of benzene rings is 2. The number of nitrogens with zero attached hydrogens (tertiary/aromatic N) is 2. The normalized spacial score (nSPS) is 11.7. The number of hydrogen-bond donors (Lipinski definition) is 4. The monoisotopic (exact) mass is 436 g/mol. The first kappa shape index (κ1) is 22.1. The second kappa shape index (κ2) is 9.94. The molecule has 1 amide bonds. The van der Waals surface area contributed by atoms with Crippen LogP contribution in [0, 0.1) is 11.3 Å². The van der Waals surface area contributed by atoms with Crippen molar-refractivity contribution in [1.29, 1.82) is 5.41 Å². The molecule has 9 heteroatoms. The van der Waals surface area contributed by atoms with Crippen LogP contribution in [0.5, 0.6) is 0 Å². The molecule has 0 saturated carbocycles. The lowest BCUT2D eigenvalue weighted by atomic mass is 10.0. The Morgan fingerprint density at radius 3 is 2.35 bits per heavy atom. The summed E-state index contributed by atoms with van der Waals surface area (Å²) in [5.74, 6) is 1.48. The summed E-state index contributed by atoms with van der Waals surface area (Å²) < 4.78 is 12.4. The summed E-state index contributed by atoms with van der Waals surface area (Å²) in [7, 11) is -1.08. The minimum absolute atomic E-state index is 0.154. The minimum Gasteiger partial charge on any atom is -0.383 e. The quantitative estimate of drug-likeness (QED) is 0.299. The summed E-state index contributed by atoms with van der Waals surface area (Å²) in [6.07, 6.45) is 1.94. The number of aromatic nitrogens is 2. The molecule has 0 spiro atoms. The highest BCUT2D eigenvalue weighted by Crippen LogP contribution is 2.26. The maximum atomic E-state index is 12.4. The predicted molar refractivity (Wildman–Crippen MR) is 124 cm³/mol. The van der Waals surface area contributed by atoms with Gasteiger partial charge in [0.25, 0.3) is 0 Å². The SMILES string of the molecule is CC(C)CS(=O)c1ccc(C(=N)c2c(N)ncnc2Nc2ccc(NC=O)cc2)cc1. The zero-order valence-electron chi connectivity index (χ0n) is 17.3. The average Bonchev–Trinajstić information content (AvgIpc) is 2.75. The van der Waals surface area contributed by atoms with E-state index in [1.165, 1.54) is 6.33 Å². The minimum atomic E-state index is -1.08. The van der Waals surface area contributed by atoms with Crippen LogP contribution in [0.4, 0.5) is 23.0 Å². The summed E-state index contributed by atoms with van der Waals surface area (Å²) >= 11 is 0. The molecule has 0 bridgehead atoms. The van der Waals surface area contributed by atoms with Gasteiger partial charge in [0.05, 0.1) is 22.1 Å². The predicted octanol–water partition coefficient (Wildman–Crippen LogP) is 3.55. The Bertz CT molecular complexity index is 1100. The van der Waals surface area contributed by atoms with E-state index in [4.69, 9.17) is 11.1 Å². The van der Waals surface area contributed by atoms with E-state index in [1.807, 2.05) is 13.8 Å². The van der Waals surface area contributed by atoms with E-state index in [-0.39, 0.29) is 11.5 Å². The van der Waals surface area contributed by atoms with E-state index < -0.39 is 10.8 Å². The molecule has 0 fully saturated rings. The van der Waals surface area contributed by atoms with Gasteiger partial charge in [-0.05, 0) is 42.3 Å². The number of amides is 1. The topological polar surface area (TPSA) is 134 Å². The molecular weight excluding hydrogens is 412 g/mol. The van der Waals surface area contributed by atoms with E-state index in [0.29, 0.717) is 46.4 Å². The van der Waals surface area contributed by atoms with Crippen LogP contribution in [0.2, 0.25) is 0 Å². The van der Waals surface area contributed by atoms with Gasteiger partial charge in [-0.2, -0.15) is 0 Å². The largest absolute Gasteiger partial charge is 0.383 e. The highest BCUT2D eigenvalue weighted by Gasteiger charge is 2.17. The lowest BCUT2D eigenvalue weighted by Gasteiger charge is -2.14. The maximum Gasteiger partial charge on any atom is 0.211 e. The lowest BCUT2D eigenvalue weighted by Crippen LogP contribution is -2.12. The van der Waals surface area contributed by atoms with Gasteiger partial charge < -0.3 is 16.4 Å². The van der Waals surface area contributed by atoms with Gasteiger partial charge in [-0.3, -0.25) is 14.4 Å². The molecule has 5 N–H and O–H groups in total. The first-order valence-electron chi connectivity index (χ1n) is 9.64. The molecular formula is C22H24N6O2S. The van der Waals surface area contributed by atoms with Gasteiger partial charge in [-0.25, -0.2) is 9.97 Å². The van der Waals surface area contributed by atoms with Crippen molar-refractivity contribution in [3.05, 3.63) is 66.0 Å². The van der Waals surface area contributed by atoms with Gasteiger partial charge >= 0.3 is 0 Å². The zero-order chi connectivity index (χ0) is 22.4. The number of carbonyl (C=O) groups excluding carboxylic acids is 1. The summed E-state index contributed by atoms with van der Waals surface area (Å²) in [4.78, 5) is 19.6. The molecule has 1 aromatic heterocycles. The molecule has 1 heterocycles. The zero-order valence-corrected chi connectivity index (χ0v) is 18.1. The second-order valence-corrected chi connectivity index (χ2v) is 8.75. The molecule has 0 saturated heterocycles. The molecule has 3 rings (SSSR count). The van der Waals surface area contributed by atoms with Crippen LogP contribution >= 0.6 is 0 Å². The van der Waals surface area contributed by atoms with Crippen molar-refractivity contribution in [2.75, 3.05) is 22.1 Å². The van der Waals surface area contributed by atoms with Crippen LogP contribution in [0.25, 0.3) is 0 Å². The van der Waals surface area contributed by atoms with Crippen LogP contribution in [0.1, 0.15) is 25.0 Å². The molecule has 8 nitrogen and oxygen atoms in total. The number of hydrogen-bond acceptors (Lipinski definition) is 7. The van der Waals surface area contributed by atoms with Crippen LogP contribution < -0.4 is 16.4 Å². The van der Waals surface area contributed by atoms with Crippen molar-refractivity contribution in [3.8, 4) is 0 Å². The molecule has 0 aliphatic carbocycles. The van der Waals surface area contributed by atoms with E-state index in [1.54, 1.807) is 48.5 Å². The molecule has 0 aliphatic heterocycles. The van der Waals surface area contributed by atoms with Gasteiger partial charge in [0.1, 0.15) is 18.0 Å². The fourth-order valence-corrected chi connectivity index (χ4v) is 4.15. The van der Waals surface area contributed by atoms with Crippen LogP contribution in [-0.2, 0) is 15.6 Å². The van der Waals surface area contributed by atoms with E-state index in [2.05, 4.69) is 20.6 Å². The Kier molecular flexibility index (Phi) is 7.09. The molecule has 1 atom stereocenters. The summed E-state index contributed by atoms with van der Waals surface area (Å²) in [6, 6.07) is 14.1. The summed E-state index contributed by atoms with van der Waals surface area (Å²) in [5, 5.41) is 14.4. The van der Waals surface area contributed by atoms with E-state index in [9.17, 15) is 9.00 Å². The Morgan fingerprint density at radius 1 is 1.10 bits per heavy atom. The molecule has 3 aromatic rings. The standard InChI is InChI=1S/C22H24N6O2S/c1-14(2)11-31(30)18-9-3-15(4-10-18)20(23)19-21(24)25-12-26-22(19)28-17-7-5-16(6-8-17)27-13-29/h3-10,12-14,23H,11H2,1-2H3,(H,27,29)(H3,24,25,26,28). The van der Waals surface area contributed by atoms with Gasteiger partial charge in [0, 0.05) is 27.6 Å². The first-order valence-corrected chi connectivity index (χ1v) is 11.0. The molecule has 2 aromatic carbocycles. The third-order valence-corrected chi connectivity index (χ3v) is 6.16. The Labute approximate surface area is 183 Å². The van der Waals surface area contributed by atoms with Crippen LogP contribution in [0.15, 0.2) is 59.8 Å². The second-order valence-electron chi connectivity index (χ2n) is 7.25. The average molecular weight is 437 g/mol. The smallest absolute Gasteiger partial charge is 0.211 e. The Balaban J connectivity index is 1.86. The van der Waals surface area contributed by atoms with Crippen molar-refractivity contribution in [2.24, 2.45) is 5.92 Å². The van der Waals surface area contributed by atoms with Crippen molar-refractivity contribution >= 4 is 45.9 Å². The van der Waals surface area contributed by atoms with Crippen molar-refractivity contribution in [3.63, 3.8) is 0 Å². The van der Waals surface area contributed by atoms with Crippen molar-refractivity contribution < 1.29 is 9.00 Å². The number of carbonyl (C=O) groups is 1. The van der Waals surface area contributed by atoms with E-state index in [0.717, 1.165) is 4.90 Å². The van der Waals surface area contributed by atoms with Crippen molar-refractivity contribution in [2.45, 2.75) is 18.7 Å². The van der Waals surface area contributed by atoms with Crippen LogP contribution in [0.3, 0.4) is 0 Å². The van der Waals surface area contributed by atoms with Gasteiger partial charge in [-0.15, -0.1) is 0 Å². The molecule has 1 unspecified atom stereocenters. The van der Waals surface area contributed by atoms with Crippen LogP contribution in [-0.4, -0.2) is 32.1 Å². The number of anilines is 4. The van der Waals surface area contributed by atoms with Gasteiger partial charge in [0.2, 0.25) is 6.41 Å². The summed E-state index contributed by atoms with van der Waals surface area (Å²) in [6.45, 7) is 4.06. The molecule has 0 aliphatic rings. The number of nitrogens with one attached hydrogen (secondary N) is 3. The molecule has 31 heavy (non-hydrogen) atoms. The first-order chi connectivity index (χ1) is 14.9. The maximum absolute atomic E-state index is 12.4. The number of rotatable bonds is 9. The fraction of sp³-hybridized carbons (Fsp3) is 0.182. The van der Waals surface area contributed by atoms with Gasteiger partial charge in [0.15, 0.2) is 0 Å². The van der Waals surface area contributed by atoms with E-state index >= 15 is 0 Å².